The molecule has 32 heavy (non-hydrogen) atoms. The number of carbonyl (C=O) groups is 2. The summed E-state index contributed by atoms with van der Waals surface area (Å²) in [4.78, 5) is 25.2. The third-order valence-electron chi connectivity index (χ3n) is 4.04. The number of amides is 1. The monoisotopic (exact) mass is 525 g/mol. The molecule has 0 aromatic rings. The molecule has 2 aliphatic rings. The molecule has 0 bridgehead atoms. The van der Waals surface area contributed by atoms with E-state index in [1.54, 1.807) is 24.3 Å². The number of nitrogens with zero attached hydrogens (tertiary/aromatic N) is 1. The molecule has 0 radical (unpaired) electrons. The fourth-order valence-corrected chi connectivity index (χ4v) is 4.37. The molecule has 0 spiro atoms. The average molecular weight is 526 g/mol. The Bertz CT molecular complexity index is 899. The molecule has 6 nitrogen and oxygen atoms in total. The molecule has 0 N–H and O–H groups in total. The summed E-state index contributed by atoms with van der Waals surface area (Å²) in [7, 11) is -1.62. The first-order chi connectivity index (χ1) is 15.0. The topological polar surface area (TPSA) is 65.1 Å². The van der Waals surface area contributed by atoms with Crippen molar-refractivity contribution in [1.82, 2.24) is 4.90 Å². The van der Waals surface area contributed by atoms with Crippen LogP contribution in [-0.2, 0) is 35.6 Å². The lowest BCUT2D eigenvalue weighted by atomic mass is 10.1. The first-order valence-electron chi connectivity index (χ1n) is 9.23. The van der Waals surface area contributed by atoms with Crippen molar-refractivity contribution in [1.29, 1.82) is 0 Å². The van der Waals surface area contributed by atoms with E-state index in [-0.39, 0.29) is 32.8 Å². The molecule has 0 saturated carbocycles. The van der Waals surface area contributed by atoms with Gasteiger partial charge >= 0.3 is 23.7 Å². The molecule has 1 amide bonds. The molecule has 0 saturated heterocycles. The van der Waals surface area contributed by atoms with Crippen LogP contribution in [0.25, 0.3) is 0 Å². The molecule has 13 heteroatoms. The second-order valence-electron chi connectivity index (χ2n) is 6.32. The Balaban J connectivity index is 2.62. The first-order valence-corrected chi connectivity index (χ1v) is 12.5. The van der Waals surface area contributed by atoms with E-state index in [1.165, 1.54) is 19.1 Å². The van der Waals surface area contributed by atoms with Gasteiger partial charge in [-0.3, -0.25) is 9.59 Å². The highest BCUT2D eigenvalue weighted by Gasteiger charge is 2.54. The highest BCUT2D eigenvalue weighted by molar-refractivity contribution is 7.97. The normalized spacial score (nSPS) is 16.6. The second kappa shape index (κ2) is 11.3. The molecular weight excluding hydrogens is 506 g/mol. The highest BCUT2D eigenvalue weighted by Crippen LogP contribution is 2.40. The molecule has 0 aliphatic heterocycles. The second-order valence-corrected chi connectivity index (χ2v) is 8.98. The van der Waals surface area contributed by atoms with Gasteiger partial charge in [-0.25, -0.2) is 4.90 Å². The fraction of sp³-hybridized carbons (Fsp3) is 0.368. The maximum absolute atomic E-state index is 13.5. The van der Waals surface area contributed by atoms with Gasteiger partial charge in [0.15, 0.2) is 0 Å². The smallest absolute Gasteiger partial charge is 0.465 e. The third-order valence-corrected chi connectivity index (χ3v) is 6.52. The van der Waals surface area contributed by atoms with Gasteiger partial charge in [-0.05, 0) is 19.1 Å². The van der Waals surface area contributed by atoms with Crippen LogP contribution in [0.4, 0.5) is 13.2 Å². The standard InChI is InChI=1S/C19H19F3NO5PS3/c1-2-26-16(24)11-23(17(25)18(20,21)22)19(29-32,27-12-7-3-5-9-14(12)30)28-13-8-4-6-10-15(13)31/h3-8H,2,9-11,29H2,1H3. The van der Waals surface area contributed by atoms with Gasteiger partial charge in [0.25, 0.3) is 0 Å². The minimum atomic E-state index is -5.35. The molecule has 2 rings (SSSR count). The van der Waals surface area contributed by atoms with Crippen molar-refractivity contribution in [3.8, 4) is 0 Å². The van der Waals surface area contributed by atoms with Gasteiger partial charge in [-0.15, -0.1) is 0 Å². The number of hydrogen-bond acceptors (Lipinski definition) is 8. The SMILES string of the molecule is CCOC(=O)CN(C(=O)C(F)(F)F)C(OC1=CC=CCC1=S)(OC1=CC=CCC1=S)[PH2]=S. The molecular formula is C19H19F3NO5PS3. The summed E-state index contributed by atoms with van der Waals surface area (Å²) in [5, 5.41) is 0. The lowest BCUT2D eigenvalue weighted by molar-refractivity contribution is -0.238. The van der Waals surface area contributed by atoms with Gasteiger partial charge in [-0.2, -0.15) is 13.2 Å². The van der Waals surface area contributed by atoms with E-state index < -0.39 is 37.6 Å². The Hall–Kier alpha value is -1.88. The number of carbonyl (C=O) groups excluding carboxylic acids is 2. The van der Waals surface area contributed by atoms with E-state index >= 15 is 0 Å². The van der Waals surface area contributed by atoms with E-state index in [2.05, 4.69) is 0 Å². The zero-order valence-corrected chi connectivity index (χ0v) is 20.3. The van der Waals surface area contributed by atoms with Crippen LogP contribution in [0.15, 0.2) is 48.0 Å². The molecule has 1 atom stereocenters. The number of thiocarbonyl (C=S) groups is 2. The van der Waals surface area contributed by atoms with Crippen molar-refractivity contribution in [3.05, 3.63) is 48.0 Å². The number of allylic oxidation sites excluding steroid dienone is 8. The quantitative estimate of drug-likeness (QED) is 0.195. The molecule has 0 aromatic heterocycles. The van der Waals surface area contributed by atoms with E-state index in [0.29, 0.717) is 12.8 Å². The molecule has 0 aromatic carbocycles. The Morgan fingerprint density at radius 2 is 1.56 bits per heavy atom. The summed E-state index contributed by atoms with van der Waals surface area (Å²) in [6, 6.07) is 0. The van der Waals surface area contributed by atoms with Gasteiger partial charge in [0.05, 0.1) is 16.3 Å². The maximum atomic E-state index is 13.5. The maximum Gasteiger partial charge on any atom is 0.471 e. The van der Waals surface area contributed by atoms with E-state index in [9.17, 15) is 22.8 Å². The Kier molecular flexibility index (Phi) is 9.32. The third kappa shape index (κ3) is 6.57. The van der Waals surface area contributed by atoms with Crippen molar-refractivity contribution in [3.63, 3.8) is 0 Å². The molecule has 2 aliphatic carbocycles. The minimum Gasteiger partial charge on any atom is -0.465 e. The minimum absolute atomic E-state index is 0.00144. The summed E-state index contributed by atoms with van der Waals surface area (Å²) < 4.78 is 57.0. The van der Waals surface area contributed by atoms with Crippen molar-refractivity contribution >= 4 is 65.2 Å². The Labute approximate surface area is 199 Å². The summed E-state index contributed by atoms with van der Waals surface area (Å²) in [6.07, 6.45) is 4.68. The molecule has 1 unspecified atom stereocenters. The van der Waals surface area contributed by atoms with Gasteiger partial charge in [-0.1, -0.05) is 60.5 Å². The van der Waals surface area contributed by atoms with Gasteiger partial charge < -0.3 is 14.2 Å². The predicted molar refractivity (Wildman–Crippen MR) is 125 cm³/mol. The van der Waals surface area contributed by atoms with Crippen molar-refractivity contribution in [2.24, 2.45) is 0 Å². The Morgan fingerprint density at radius 1 is 1.06 bits per heavy atom. The number of alkyl halides is 3. The molecule has 0 fully saturated rings. The highest BCUT2D eigenvalue weighted by atomic mass is 32.4. The first kappa shape index (κ1) is 26.4. The van der Waals surface area contributed by atoms with Crippen LogP contribution < -0.4 is 0 Å². The number of hydrogen-bond donors (Lipinski definition) is 0. The van der Waals surface area contributed by atoms with Crippen LogP contribution in [0.1, 0.15) is 19.8 Å². The average Bonchev–Trinajstić information content (AvgIpc) is 2.73. The summed E-state index contributed by atoms with van der Waals surface area (Å²) in [6.45, 7) is 0.256. The molecule has 0 heterocycles. The van der Waals surface area contributed by atoms with Crippen molar-refractivity contribution in [2.45, 2.75) is 31.6 Å². The van der Waals surface area contributed by atoms with Crippen LogP contribution in [-0.4, -0.2) is 51.5 Å². The van der Waals surface area contributed by atoms with Gasteiger partial charge in [0.1, 0.15) is 18.1 Å². The van der Waals surface area contributed by atoms with Crippen LogP contribution in [0.2, 0.25) is 0 Å². The lowest BCUT2D eigenvalue weighted by Gasteiger charge is -2.41. The van der Waals surface area contributed by atoms with E-state index in [1.807, 2.05) is 0 Å². The zero-order valence-electron chi connectivity index (χ0n) is 16.7. The van der Waals surface area contributed by atoms with Crippen LogP contribution in [0, 0.1) is 0 Å². The van der Waals surface area contributed by atoms with Gasteiger partial charge in [0, 0.05) is 20.2 Å². The van der Waals surface area contributed by atoms with Gasteiger partial charge in [0.2, 0.25) is 0 Å². The number of esters is 1. The number of halogens is 3. The van der Waals surface area contributed by atoms with Crippen LogP contribution in [0.5, 0.6) is 0 Å². The number of rotatable bonds is 9. The summed E-state index contributed by atoms with van der Waals surface area (Å²) in [5.74, 6) is -3.47. The van der Waals surface area contributed by atoms with E-state index in [0.717, 1.165) is 0 Å². The fourth-order valence-electron chi connectivity index (χ4n) is 2.60. The zero-order chi connectivity index (χ0) is 23.9. The summed E-state index contributed by atoms with van der Waals surface area (Å²) in [5.41, 5.74) is -2.48. The van der Waals surface area contributed by atoms with Crippen molar-refractivity contribution in [2.75, 3.05) is 13.2 Å². The molecule has 174 valence electrons. The number of ether oxygens (including phenoxy) is 3. The van der Waals surface area contributed by atoms with Crippen molar-refractivity contribution < 1.29 is 37.0 Å². The van der Waals surface area contributed by atoms with Crippen LogP contribution in [0.3, 0.4) is 0 Å². The largest absolute Gasteiger partial charge is 0.471 e. The Morgan fingerprint density at radius 3 is 1.94 bits per heavy atom. The van der Waals surface area contributed by atoms with Crippen LogP contribution >= 0.6 is 31.8 Å². The summed E-state index contributed by atoms with van der Waals surface area (Å²) >= 11 is 15.6. The lowest BCUT2D eigenvalue weighted by Crippen LogP contribution is -2.57. The van der Waals surface area contributed by atoms with E-state index in [4.69, 9.17) is 50.5 Å². The predicted octanol–water partition coefficient (Wildman–Crippen LogP) is 3.89.